The Morgan fingerprint density at radius 1 is 0.627 bits per heavy atom. The summed E-state index contributed by atoms with van der Waals surface area (Å²) in [6.45, 7) is 2.63. The maximum absolute atomic E-state index is 15.0. The zero-order valence-corrected chi connectivity index (χ0v) is 27.0. The van der Waals surface area contributed by atoms with Crippen molar-refractivity contribution in [2.75, 3.05) is 6.61 Å². The predicted molar refractivity (Wildman–Crippen MR) is 161 cm³/mol. The molecule has 0 aromatic heterocycles. The smallest absolute Gasteiger partial charge is 0.429 e. The fraction of sp³-hybridized carbons (Fsp3) is 0.444. The molecular formula is C36H33F11O4. The first-order chi connectivity index (χ1) is 23.9. The summed E-state index contributed by atoms with van der Waals surface area (Å²) in [7, 11) is 0. The molecule has 3 aromatic carbocycles. The molecule has 2 unspecified atom stereocenters. The van der Waals surface area contributed by atoms with Gasteiger partial charge in [-0.2, -0.15) is 26.3 Å². The Labute approximate surface area is 286 Å². The van der Waals surface area contributed by atoms with Crippen molar-refractivity contribution in [2.45, 2.75) is 76.2 Å². The molecule has 1 heterocycles. The van der Waals surface area contributed by atoms with Gasteiger partial charge >= 0.3 is 24.7 Å². The molecule has 0 N–H and O–H groups in total. The maximum Gasteiger partial charge on any atom is 0.527 e. The minimum Gasteiger partial charge on any atom is -0.429 e. The van der Waals surface area contributed by atoms with Crippen LogP contribution in [0.15, 0.2) is 72.8 Å². The van der Waals surface area contributed by atoms with Gasteiger partial charge in [0.2, 0.25) is 0 Å². The molecule has 1 aliphatic heterocycles. The average Bonchev–Trinajstić information content (AvgIpc) is 3.04. The molecule has 0 amide bonds. The number of halogens is 11. The Bertz CT molecular complexity index is 1620. The molecule has 278 valence electrons. The van der Waals surface area contributed by atoms with Gasteiger partial charge in [-0.3, -0.25) is 0 Å². The van der Waals surface area contributed by atoms with Gasteiger partial charge in [-0.1, -0.05) is 24.3 Å². The lowest BCUT2D eigenvalue weighted by Crippen LogP contribution is -2.30. The van der Waals surface area contributed by atoms with Crippen LogP contribution in [0.4, 0.5) is 48.3 Å². The summed E-state index contributed by atoms with van der Waals surface area (Å²) in [5, 5.41) is 0. The number of benzene rings is 3. The molecule has 2 atom stereocenters. The topological polar surface area (TPSA) is 36.9 Å². The highest BCUT2D eigenvalue weighted by Crippen LogP contribution is 2.43. The Morgan fingerprint density at radius 3 is 1.63 bits per heavy atom. The monoisotopic (exact) mass is 738 g/mol. The summed E-state index contributed by atoms with van der Waals surface area (Å²) < 4.78 is 169. The van der Waals surface area contributed by atoms with Crippen molar-refractivity contribution in [1.29, 1.82) is 0 Å². The Morgan fingerprint density at radius 2 is 1.14 bits per heavy atom. The fourth-order valence-electron chi connectivity index (χ4n) is 6.59. The molecular weight excluding hydrogens is 705 g/mol. The van der Waals surface area contributed by atoms with Gasteiger partial charge in [0.25, 0.3) is 0 Å². The number of hydrogen-bond acceptors (Lipinski definition) is 4. The van der Waals surface area contributed by atoms with Crippen molar-refractivity contribution in [3.05, 3.63) is 107 Å². The van der Waals surface area contributed by atoms with E-state index in [4.69, 9.17) is 9.47 Å². The summed E-state index contributed by atoms with van der Waals surface area (Å²) in [6, 6.07) is 7.69. The van der Waals surface area contributed by atoms with Crippen molar-refractivity contribution in [3.63, 3.8) is 0 Å². The lowest BCUT2D eigenvalue weighted by molar-refractivity contribution is -0.432. The van der Waals surface area contributed by atoms with Crippen LogP contribution in [-0.2, 0) is 27.8 Å². The minimum atomic E-state index is -5.99. The SMILES string of the molecule is C/C=C/C1CCC(C2CCC(c3ccc(C(F)(F)Oc4ccc(C(F)(F)Oc5cc(F)c(C(F)(F)OC(F)(F)F)c(F)c5)cc4)cc3)OC2)CC1. The third-order valence-corrected chi connectivity index (χ3v) is 9.11. The Balaban J connectivity index is 1.17. The van der Waals surface area contributed by atoms with Crippen molar-refractivity contribution < 1.29 is 67.2 Å². The maximum atomic E-state index is 15.0. The molecule has 2 aliphatic rings. The van der Waals surface area contributed by atoms with Gasteiger partial charge in [0.05, 0.1) is 23.8 Å². The van der Waals surface area contributed by atoms with Gasteiger partial charge in [-0.15, -0.1) is 13.2 Å². The Hall–Kier alpha value is -3.85. The van der Waals surface area contributed by atoms with Crippen LogP contribution >= 0.6 is 0 Å². The van der Waals surface area contributed by atoms with E-state index in [1.165, 1.54) is 37.1 Å². The Kier molecular flexibility index (Phi) is 11.3. The van der Waals surface area contributed by atoms with E-state index in [-0.39, 0.29) is 18.2 Å². The molecule has 1 saturated carbocycles. The molecule has 2 fully saturated rings. The highest BCUT2D eigenvalue weighted by molar-refractivity contribution is 5.35. The molecule has 1 saturated heterocycles. The first kappa shape index (κ1) is 38.4. The van der Waals surface area contributed by atoms with Crippen LogP contribution in [0, 0.1) is 29.4 Å². The van der Waals surface area contributed by atoms with E-state index in [2.05, 4.69) is 21.6 Å². The van der Waals surface area contributed by atoms with Gasteiger partial charge in [0.1, 0.15) is 28.7 Å². The molecule has 0 radical (unpaired) electrons. The van der Waals surface area contributed by atoms with Crippen LogP contribution in [0.25, 0.3) is 0 Å². The number of hydrogen-bond donors (Lipinski definition) is 0. The zero-order chi connectivity index (χ0) is 37.2. The van der Waals surface area contributed by atoms with Gasteiger partial charge < -0.3 is 14.2 Å². The zero-order valence-electron chi connectivity index (χ0n) is 27.0. The summed E-state index contributed by atoms with van der Waals surface area (Å²) >= 11 is 0. The molecule has 15 heteroatoms. The van der Waals surface area contributed by atoms with Crippen LogP contribution in [0.3, 0.4) is 0 Å². The van der Waals surface area contributed by atoms with E-state index < -0.39 is 64.5 Å². The van der Waals surface area contributed by atoms with Gasteiger partial charge in [-0.05, 0) is 105 Å². The second kappa shape index (κ2) is 15.0. The van der Waals surface area contributed by atoms with Crippen LogP contribution < -0.4 is 9.47 Å². The lowest BCUT2D eigenvalue weighted by atomic mass is 9.73. The van der Waals surface area contributed by atoms with Crippen LogP contribution in [0.5, 0.6) is 11.5 Å². The molecule has 3 aromatic rings. The third-order valence-electron chi connectivity index (χ3n) is 9.11. The second-order valence-corrected chi connectivity index (χ2v) is 12.6. The van der Waals surface area contributed by atoms with Crippen LogP contribution in [0.2, 0.25) is 0 Å². The summed E-state index contributed by atoms with van der Waals surface area (Å²) in [4.78, 5) is 0. The standard InChI is InChI=1S/C36H33F11O4/c1-2-3-21-4-6-22(7-5-21)24-10-17-31(48-20-24)23-8-11-25(12-9-23)33(39,40)49-27-15-13-26(14-16-27)34(41,42)50-28-18-29(37)32(30(38)19-28)35(43,44)51-36(45,46)47/h2-3,8-9,11-16,18-19,21-22,24,31H,4-7,10,17,20H2,1H3/b3-2+. The molecule has 0 bridgehead atoms. The van der Waals surface area contributed by atoms with Crippen molar-refractivity contribution in [3.8, 4) is 11.5 Å². The number of allylic oxidation sites excluding steroid dienone is 2. The molecule has 4 nitrogen and oxygen atoms in total. The van der Waals surface area contributed by atoms with Crippen molar-refractivity contribution >= 4 is 0 Å². The second-order valence-electron chi connectivity index (χ2n) is 12.6. The molecule has 51 heavy (non-hydrogen) atoms. The van der Waals surface area contributed by atoms with Gasteiger partial charge in [-0.25, -0.2) is 13.5 Å². The molecule has 5 rings (SSSR count). The quantitative estimate of drug-likeness (QED) is 0.145. The van der Waals surface area contributed by atoms with E-state index in [0.717, 1.165) is 43.4 Å². The third kappa shape index (κ3) is 9.53. The van der Waals surface area contributed by atoms with Crippen LogP contribution in [0.1, 0.15) is 73.8 Å². The fourth-order valence-corrected chi connectivity index (χ4v) is 6.59. The lowest BCUT2D eigenvalue weighted by Gasteiger charge is -2.37. The van der Waals surface area contributed by atoms with Crippen LogP contribution in [-0.4, -0.2) is 13.0 Å². The first-order valence-electron chi connectivity index (χ1n) is 16.1. The summed E-state index contributed by atoms with van der Waals surface area (Å²) in [6.07, 6.45) is -9.32. The van der Waals surface area contributed by atoms with E-state index in [1.54, 1.807) is 0 Å². The van der Waals surface area contributed by atoms with E-state index in [0.29, 0.717) is 36.5 Å². The van der Waals surface area contributed by atoms with Gasteiger partial charge in [0.15, 0.2) is 0 Å². The molecule has 0 spiro atoms. The van der Waals surface area contributed by atoms with E-state index in [9.17, 15) is 39.5 Å². The normalized spacial score (nSPS) is 22.3. The number of rotatable bonds is 11. The van der Waals surface area contributed by atoms with Crippen molar-refractivity contribution in [2.24, 2.45) is 17.8 Å². The summed E-state index contributed by atoms with van der Waals surface area (Å²) in [5.74, 6) is -4.95. The van der Waals surface area contributed by atoms with Gasteiger partial charge in [0, 0.05) is 12.1 Å². The summed E-state index contributed by atoms with van der Waals surface area (Å²) in [5.41, 5.74) is -3.31. The number of ether oxygens (including phenoxy) is 4. The van der Waals surface area contributed by atoms with E-state index in [1.807, 2.05) is 6.92 Å². The first-order valence-corrected chi connectivity index (χ1v) is 16.1. The minimum absolute atomic E-state index is 0.196. The van der Waals surface area contributed by atoms with E-state index >= 15 is 8.78 Å². The highest BCUT2D eigenvalue weighted by atomic mass is 19.4. The largest absolute Gasteiger partial charge is 0.527 e. The van der Waals surface area contributed by atoms with Crippen molar-refractivity contribution in [1.82, 2.24) is 0 Å². The average molecular weight is 739 g/mol. The molecule has 1 aliphatic carbocycles. The highest BCUT2D eigenvalue weighted by Gasteiger charge is 2.50. The predicted octanol–water partition coefficient (Wildman–Crippen LogP) is 11.7. The number of alkyl halides is 9.